The topological polar surface area (TPSA) is 93.3 Å². The number of aliphatic carboxylic acids is 1. The summed E-state index contributed by atoms with van der Waals surface area (Å²) in [6.07, 6.45) is 3.41. The van der Waals surface area contributed by atoms with Crippen molar-refractivity contribution in [2.75, 3.05) is 0 Å². The van der Waals surface area contributed by atoms with Crippen molar-refractivity contribution in [3.8, 4) is 0 Å². The summed E-state index contributed by atoms with van der Waals surface area (Å²) in [6, 6.07) is 1.52. The smallest absolute Gasteiger partial charge is 0.315 e. The molecule has 1 aromatic rings. The summed E-state index contributed by atoms with van der Waals surface area (Å²) >= 11 is 0. The summed E-state index contributed by atoms with van der Waals surface area (Å²) in [7, 11) is 0. The monoisotopic (exact) mass is 278 g/mol. The van der Waals surface area contributed by atoms with E-state index in [4.69, 9.17) is 0 Å². The average Bonchev–Trinajstić information content (AvgIpc) is 2.84. The van der Waals surface area contributed by atoms with E-state index in [1.807, 2.05) is 6.92 Å². The Morgan fingerprint density at radius 3 is 2.80 bits per heavy atom. The molecule has 0 amide bonds. The van der Waals surface area contributed by atoms with Crippen molar-refractivity contribution in [2.45, 2.75) is 51.4 Å². The Balaban J connectivity index is 2.64. The molecule has 0 saturated heterocycles. The van der Waals surface area contributed by atoms with Gasteiger partial charge in [0.2, 0.25) is 0 Å². The largest absolute Gasteiger partial charge is 0.481 e. The van der Waals surface area contributed by atoms with Crippen molar-refractivity contribution in [3.63, 3.8) is 0 Å². The highest BCUT2D eigenvalue weighted by atomic mass is 16.6. The highest BCUT2D eigenvalue weighted by Gasteiger charge is 2.42. The number of aromatic nitrogens is 1. The van der Waals surface area contributed by atoms with Crippen molar-refractivity contribution in [3.05, 3.63) is 33.1 Å². The van der Waals surface area contributed by atoms with Crippen LogP contribution < -0.4 is 0 Å². The Bertz CT molecular complexity index is 571. The van der Waals surface area contributed by atoms with Gasteiger partial charge in [0.15, 0.2) is 0 Å². The van der Waals surface area contributed by atoms with Gasteiger partial charge >= 0.3 is 5.97 Å². The quantitative estimate of drug-likeness (QED) is 0.660. The zero-order valence-corrected chi connectivity index (χ0v) is 11.7. The highest BCUT2D eigenvalue weighted by molar-refractivity contribution is 5.81. The number of carboxylic acids is 1. The van der Waals surface area contributed by atoms with Crippen LogP contribution in [-0.2, 0) is 23.1 Å². The first-order chi connectivity index (χ1) is 9.40. The number of nitro groups is 1. The summed E-state index contributed by atoms with van der Waals surface area (Å²) in [6.45, 7) is 3.38. The van der Waals surface area contributed by atoms with E-state index in [2.05, 4.69) is 4.98 Å². The van der Waals surface area contributed by atoms with Gasteiger partial charge in [0.1, 0.15) is 11.1 Å². The number of carbonyl (C=O) groups is 1. The molecule has 1 unspecified atom stereocenters. The van der Waals surface area contributed by atoms with Crippen molar-refractivity contribution in [1.29, 1.82) is 0 Å². The molecule has 0 radical (unpaired) electrons. The lowest BCUT2D eigenvalue weighted by atomic mass is 9.81. The van der Waals surface area contributed by atoms with Crippen LogP contribution in [0.2, 0.25) is 0 Å². The first kappa shape index (κ1) is 14.4. The molecule has 0 fully saturated rings. The number of hydrogen-bond donors (Lipinski definition) is 1. The molecule has 1 N–H and O–H groups in total. The molecule has 2 rings (SSSR count). The lowest BCUT2D eigenvalue weighted by Gasteiger charge is -2.24. The van der Waals surface area contributed by atoms with E-state index in [0.717, 1.165) is 30.5 Å². The second-order valence-electron chi connectivity index (χ2n) is 5.46. The second-order valence-corrected chi connectivity index (χ2v) is 5.46. The van der Waals surface area contributed by atoms with E-state index in [9.17, 15) is 20.0 Å². The SMILES string of the molecule is CCCC(C)(C(=O)O)c1nc2c(cc1[N+](=O)[O-])CCC2. The molecule has 0 aromatic carbocycles. The minimum Gasteiger partial charge on any atom is -0.481 e. The van der Waals surface area contributed by atoms with Crippen molar-refractivity contribution in [1.82, 2.24) is 4.98 Å². The normalized spacial score (nSPS) is 16.5. The molecule has 1 atom stereocenters. The predicted molar refractivity (Wildman–Crippen MR) is 72.8 cm³/mol. The van der Waals surface area contributed by atoms with Crippen LogP contribution in [0.15, 0.2) is 6.07 Å². The van der Waals surface area contributed by atoms with E-state index in [1.165, 1.54) is 13.0 Å². The van der Waals surface area contributed by atoms with Crippen LogP contribution in [0.3, 0.4) is 0 Å². The van der Waals surface area contributed by atoms with Crippen molar-refractivity contribution < 1.29 is 14.8 Å². The first-order valence-electron chi connectivity index (χ1n) is 6.81. The van der Waals surface area contributed by atoms with Crippen molar-refractivity contribution >= 4 is 11.7 Å². The zero-order chi connectivity index (χ0) is 14.9. The Labute approximate surface area is 117 Å². The van der Waals surface area contributed by atoms with Crippen molar-refractivity contribution in [2.24, 2.45) is 0 Å². The second kappa shape index (κ2) is 5.19. The van der Waals surface area contributed by atoms with Gasteiger partial charge in [-0.3, -0.25) is 14.9 Å². The summed E-state index contributed by atoms with van der Waals surface area (Å²) in [5, 5.41) is 20.8. The molecular formula is C14H18N2O4. The Kier molecular flexibility index (Phi) is 3.74. The van der Waals surface area contributed by atoms with Gasteiger partial charge in [0.25, 0.3) is 5.69 Å². The maximum Gasteiger partial charge on any atom is 0.315 e. The number of hydrogen-bond acceptors (Lipinski definition) is 4. The molecule has 1 heterocycles. The van der Waals surface area contributed by atoms with E-state index in [0.29, 0.717) is 12.8 Å². The minimum absolute atomic E-state index is 0.0949. The van der Waals surface area contributed by atoms with Gasteiger partial charge < -0.3 is 5.11 Å². The van der Waals surface area contributed by atoms with E-state index in [-0.39, 0.29) is 11.4 Å². The highest BCUT2D eigenvalue weighted by Crippen LogP contribution is 2.37. The third-order valence-electron chi connectivity index (χ3n) is 3.97. The minimum atomic E-state index is -1.31. The molecule has 0 bridgehead atoms. The summed E-state index contributed by atoms with van der Waals surface area (Å²) in [5.41, 5.74) is 0.315. The summed E-state index contributed by atoms with van der Waals surface area (Å²) < 4.78 is 0. The van der Waals surface area contributed by atoms with Gasteiger partial charge in [-0.15, -0.1) is 0 Å². The van der Waals surface area contributed by atoms with Crippen LogP contribution in [0.25, 0.3) is 0 Å². The predicted octanol–water partition coefficient (Wildman–Crippen LogP) is 2.62. The molecule has 20 heavy (non-hydrogen) atoms. The zero-order valence-electron chi connectivity index (χ0n) is 11.7. The van der Waals surface area contributed by atoms with E-state index in [1.54, 1.807) is 0 Å². The number of aryl methyl sites for hydroxylation is 2. The van der Waals surface area contributed by atoms with Crippen LogP contribution in [-0.4, -0.2) is 21.0 Å². The molecular weight excluding hydrogens is 260 g/mol. The van der Waals surface area contributed by atoms with Crippen LogP contribution >= 0.6 is 0 Å². The Morgan fingerprint density at radius 2 is 2.25 bits per heavy atom. The molecule has 1 aliphatic carbocycles. The molecule has 1 aromatic heterocycles. The van der Waals surface area contributed by atoms with Gasteiger partial charge in [-0.25, -0.2) is 4.98 Å². The fourth-order valence-corrected chi connectivity index (χ4v) is 2.83. The maximum absolute atomic E-state index is 11.6. The fourth-order valence-electron chi connectivity index (χ4n) is 2.83. The standard InChI is InChI=1S/C14H18N2O4/c1-3-7-14(2,13(17)18)12-11(16(19)20)8-9-5-4-6-10(9)15-12/h8H,3-7H2,1-2H3,(H,17,18). The van der Waals surface area contributed by atoms with Gasteiger partial charge in [0.05, 0.1) is 4.92 Å². The molecule has 6 nitrogen and oxygen atoms in total. The Hall–Kier alpha value is -1.98. The van der Waals surface area contributed by atoms with E-state index < -0.39 is 16.3 Å². The van der Waals surface area contributed by atoms with Gasteiger partial charge in [-0.05, 0) is 38.2 Å². The third-order valence-corrected chi connectivity index (χ3v) is 3.97. The number of carboxylic acid groups (broad SMARTS) is 1. The molecule has 0 aliphatic heterocycles. The average molecular weight is 278 g/mol. The lowest BCUT2D eigenvalue weighted by molar-refractivity contribution is -0.386. The summed E-state index contributed by atoms with van der Waals surface area (Å²) in [4.78, 5) is 26.7. The third kappa shape index (κ3) is 2.26. The fraction of sp³-hybridized carbons (Fsp3) is 0.571. The molecule has 0 spiro atoms. The molecule has 6 heteroatoms. The van der Waals surface area contributed by atoms with Crippen LogP contribution in [0.5, 0.6) is 0 Å². The molecule has 1 aliphatic rings. The van der Waals surface area contributed by atoms with E-state index >= 15 is 0 Å². The lowest BCUT2D eigenvalue weighted by Crippen LogP contribution is -2.34. The Morgan fingerprint density at radius 1 is 1.55 bits per heavy atom. The number of rotatable bonds is 5. The molecule has 108 valence electrons. The van der Waals surface area contributed by atoms with Gasteiger partial charge in [-0.2, -0.15) is 0 Å². The van der Waals surface area contributed by atoms with Crippen LogP contribution in [0.4, 0.5) is 5.69 Å². The summed E-state index contributed by atoms with van der Waals surface area (Å²) in [5.74, 6) is -1.06. The first-order valence-corrected chi connectivity index (χ1v) is 6.81. The van der Waals surface area contributed by atoms with Crippen LogP contribution in [0, 0.1) is 10.1 Å². The maximum atomic E-state index is 11.6. The van der Waals surface area contributed by atoms with Gasteiger partial charge in [0, 0.05) is 11.8 Å². The number of pyridine rings is 1. The molecule has 0 saturated carbocycles. The van der Waals surface area contributed by atoms with Crippen LogP contribution in [0.1, 0.15) is 50.1 Å². The van der Waals surface area contributed by atoms with Gasteiger partial charge in [-0.1, -0.05) is 13.3 Å². The number of fused-ring (bicyclic) bond motifs is 1. The number of nitrogens with zero attached hydrogens (tertiary/aromatic N) is 2.